The molecule has 10 heavy (non-hydrogen) atoms. The lowest BCUT2D eigenvalue weighted by atomic mass is 10.4. The molecule has 1 rings (SSSR count). The predicted octanol–water partition coefficient (Wildman–Crippen LogP) is 2.00. The molecule has 0 spiro atoms. The zero-order chi connectivity index (χ0) is 7.56. The van der Waals surface area contributed by atoms with Crippen LogP contribution in [0.15, 0.2) is 11.5 Å². The fraction of sp³-hybridized carbons (Fsp3) is 0.571. The van der Waals surface area contributed by atoms with E-state index in [0.717, 1.165) is 24.5 Å². The van der Waals surface area contributed by atoms with Gasteiger partial charge in [0.05, 0.1) is 6.61 Å². The standard InChI is InChI=1S/C7H10O2S/c1-5-7(3-4-8-5)9-6(2)10/h3-4H2,1-2H3. The van der Waals surface area contributed by atoms with Gasteiger partial charge in [0.2, 0.25) is 0 Å². The van der Waals surface area contributed by atoms with Gasteiger partial charge in [-0.3, -0.25) is 0 Å². The summed E-state index contributed by atoms with van der Waals surface area (Å²) in [5, 5.41) is 0.555. The van der Waals surface area contributed by atoms with Crippen molar-refractivity contribution in [3.05, 3.63) is 11.5 Å². The highest BCUT2D eigenvalue weighted by atomic mass is 32.1. The molecule has 3 heteroatoms. The molecule has 0 aromatic carbocycles. The Bertz CT molecular complexity index is 184. The van der Waals surface area contributed by atoms with Crippen LogP contribution in [0.1, 0.15) is 20.3 Å². The zero-order valence-electron chi connectivity index (χ0n) is 6.14. The Morgan fingerprint density at radius 3 is 2.80 bits per heavy atom. The number of rotatable bonds is 1. The fourth-order valence-electron chi connectivity index (χ4n) is 0.850. The third-order valence-corrected chi connectivity index (χ3v) is 1.39. The van der Waals surface area contributed by atoms with Crippen LogP contribution < -0.4 is 0 Å². The molecule has 2 nitrogen and oxygen atoms in total. The summed E-state index contributed by atoms with van der Waals surface area (Å²) < 4.78 is 10.4. The Morgan fingerprint density at radius 1 is 1.70 bits per heavy atom. The second-order valence-electron chi connectivity index (χ2n) is 2.17. The van der Waals surface area contributed by atoms with Crippen LogP contribution in [0.2, 0.25) is 0 Å². The molecular formula is C7H10O2S. The normalized spacial score (nSPS) is 17.0. The Kier molecular flexibility index (Phi) is 2.27. The highest BCUT2D eigenvalue weighted by Crippen LogP contribution is 2.19. The van der Waals surface area contributed by atoms with E-state index in [1.165, 1.54) is 0 Å². The van der Waals surface area contributed by atoms with Crippen molar-refractivity contribution in [2.24, 2.45) is 0 Å². The van der Waals surface area contributed by atoms with Gasteiger partial charge in [-0.1, -0.05) is 0 Å². The van der Waals surface area contributed by atoms with E-state index in [9.17, 15) is 0 Å². The average Bonchev–Trinajstić information content (AvgIpc) is 2.15. The molecule has 0 aromatic heterocycles. The minimum atomic E-state index is 0.555. The monoisotopic (exact) mass is 158 g/mol. The van der Waals surface area contributed by atoms with E-state index in [4.69, 9.17) is 21.7 Å². The largest absolute Gasteiger partial charge is 0.494 e. The van der Waals surface area contributed by atoms with Gasteiger partial charge in [0.15, 0.2) is 5.05 Å². The van der Waals surface area contributed by atoms with Gasteiger partial charge >= 0.3 is 0 Å². The Balaban J connectivity index is 2.54. The molecule has 0 unspecified atom stereocenters. The summed E-state index contributed by atoms with van der Waals surface area (Å²) >= 11 is 4.77. The highest BCUT2D eigenvalue weighted by molar-refractivity contribution is 7.80. The molecule has 0 aromatic rings. The van der Waals surface area contributed by atoms with Crippen LogP contribution in [0.5, 0.6) is 0 Å². The molecule has 0 fully saturated rings. The maximum atomic E-state index is 5.21. The van der Waals surface area contributed by atoms with Crippen LogP contribution in [0, 0.1) is 0 Å². The van der Waals surface area contributed by atoms with Crippen molar-refractivity contribution in [1.29, 1.82) is 0 Å². The third kappa shape index (κ3) is 1.70. The van der Waals surface area contributed by atoms with Crippen LogP contribution in [0.25, 0.3) is 0 Å². The lowest BCUT2D eigenvalue weighted by Crippen LogP contribution is -1.95. The molecule has 1 aliphatic rings. The second kappa shape index (κ2) is 3.01. The molecular weight excluding hydrogens is 148 g/mol. The van der Waals surface area contributed by atoms with Gasteiger partial charge in [0.25, 0.3) is 0 Å². The van der Waals surface area contributed by atoms with Gasteiger partial charge in [-0.05, 0) is 19.1 Å². The molecule has 0 radical (unpaired) electrons. The first-order chi connectivity index (χ1) is 4.70. The number of hydrogen-bond donors (Lipinski definition) is 0. The molecule has 0 saturated heterocycles. The lowest BCUT2D eigenvalue weighted by molar-refractivity contribution is 0.246. The highest BCUT2D eigenvalue weighted by Gasteiger charge is 2.13. The van der Waals surface area contributed by atoms with Crippen molar-refractivity contribution >= 4 is 17.3 Å². The summed E-state index contributed by atoms with van der Waals surface area (Å²) in [6.45, 7) is 4.37. The number of hydrogen-bond acceptors (Lipinski definition) is 3. The summed E-state index contributed by atoms with van der Waals surface area (Å²) in [6, 6.07) is 0. The molecule has 56 valence electrons. The van der Waals surface area contributed by atoms with E-state index in [-0.39, 0.29) is 0 Å². The van der Waals surface area contributed by atoms with E-state index in [1.54, 1.807) is 6.92 Å². The summed E-state index contributed by atoms with van der Waals surface area (Å²) in [7, 11) is 0. The summed E-state index contributed by atoms with van der Waals surface area (Å²) in [6.07, 6.45) is 0.847. The van der Waals surface area contributed by atoms with Crippen molar-refractivity contribution in [3.8, 4) is 0 Å². The fourth-order valence-corrected chi connectivity index (χ4v) is 0.950. The molecule has 0 saturated carbocycles. The van der Waals surface area contributed by atoms with Crippen molar-refractivity contribution in [3.63, 3.8) is 0 Å². The van der Waals surface area contributed by atoms with Crippen LogP contribution in [-0.2, 0) is 9.47 Å². The van der Waals surface area contributed by atoms with Crippen molar-refractivity contribution in [1.82, 2.24) is 0 Å². The SMILES string of the molecule is CC(=S)OC1=C(C)OCC1. The van der Waals surface area contributed by atoms with Crippen molar-refractivity contribution in [2.75, 3.05) is 6.61 Å². The first kappa shape index (κ1) is 7.54. The molecule has 0 bridgehead atoms. The van der Waals surface area contributed by atoms with Gasteiger partial charge in [0.1, 0.15) is 11.5 Å². The quantitative estimate of drug-likeness (QED) is 0.544. The van der Waals surface area contributed by atoms with Crippen LogP contribution >= 0.6 is 12.2 Å². The number of thiocarbonyl (C=S) groups is 1. The van der Waals surface area contributed by atoms with Crippen LogP contribution in [0.3, 0.4) is 0 Å². The topological polar surface area (TPSA) is 18.5 Å². The molecule has 0 N–H and O–H groups in total. The summed E-state index contributed by atoms with van der Waals surface area (Å²) in [5.74, 6) is 1.75. The molecule has 0 atom stereocenters. The molecule has 1 aliphatic heterocycles. The summed E-state index contributed by atoms with van der Waals surface area (Å²) in [4.78, 5) is 0. The Morgan fingerprint density at radius 2 is 2.40 bits per heavy atom. The van der Waals surface area contributed by atoms with Crippen molar-refractivity contribution in [2.45, 2.75) is 20.3 Å². The van der Waals surface area contributed by atoms with Gasteiger partial charge in [-0.25, -0.2) is 0 Å². The first-order valence-electron chi connectivity index (χ1n) is 3.21. The third-order valence-electron chi connectivity index (χ3n) is 1.31. The average molecular weight is 158 g/mol. The van der Waals surface area contributed by atoms with Gasteiger partial charge in [-0.15, -0.1) is 0 Å². The molecule has 1 heterocycles. The maximum absolute atomic E-state index is 5.21. The predicted molar refractivity (Wildman–Crippen MR) is 42.6 cm³/mol. The minimum absolute atomic E-state index is 0.555. The smallest absolute Gasteiger partial charge is 0.163 e. The van der Waals surface area contributed by atoms with Gasteiger partial charge < -0.3 is 9.47 Å². The van der Waals surface area contributed by atoms with Crippen molar-refractivity contribution < 1.29 is 9.47 Å². The first-order valence-corrected chi connectivity index (χ1v) is 3.62. The minimum Gasteiger partial charge on any atom is -0.494 e. The van der Waals surface area contributed by atoms with Crippen LogP contribution in [-0.4, -0.2) is 11.7 Å². The van der Waals surface area contributed by atoms with Crippen LogP contribution in [0.4, 0.5) is 0 Å². The Labute approximate surface area is 65.8 Å². The summed E-state index contributed by atoms with van der Waals surface area (Å²) in [5.41, 5.74) is 0. The molecule has 0 aliphatic carbocycles. The Hall–Kier alpha value is -0.570. The number of ether oxygens (including phenoxy) is 2. The second-order valence-corrected chi connectivity index (χ2v) is 2.75. The van der Waals surface area contributed by atoms with Gasteiger partial charge in [-0.2, -0.15) is 0 Å². The van der Waals surface area contributed by atoms with E-state index in [2.05, 4.69) is 0 Å². The van der Waals surface area contributed by atoms with E-state index < -0.39 is 0 Å². The van der Waals surface area contributed by atoms with E-state index in [1.807, 2.05) is 6.92 Å². The number of allylic oxidation sites excluding steroid dienone is 1. The van der Waals surface area contributed by atoms with Gasteiger partial charge in [0, 0.05) is 13.3 Å². The van der Waals surface area contributed by atoms with E-state index in [0.29, 0.717) is 5.05 Å². The van der Waals surface area contributed by atoms with E-state index >= 15 is 0 Å². The maximum Gasteiger partial charge on any atom is 0.163 e. The lowest BCUT2D eigenvalue weighted by Gasteiger charge is -2.01. The molecule has 0 amide bonds. The zero-order valence-corrected chi connectivity index (χ0v) is 6.96.